The zero-order chi connectivity index (χ0) is 11.5. The maximum Gasteiger partial charge on any atom is 0.322 e. The molecule has 1 atom stereocenters. The number of carbonyl (C=O) groups excluding carboxylic acids is 1. The summed E-state index contributed by atoms with van der Waals surface area (Å²) in [6, 6.07) is -0.451. The van der Waals surface area contributed by atoms with E-state index < -0.39 is 6.04 Å². The number of thioether (sulfide) groups is 2. The van der Waals surface area contributed by atoms with Crippen LogP contribution < -0.4 is 5.73 Å². The van der Waals surface area contributed by atoms with E-state index in [0.717, 1.165) is 11.5 Å². The van der Waals surface area contributed by atoms with Crippen LogP contribution in [0.3, 0.4) is 0 Å². The highest BCUT2D eigenvalue weighted by molar-refractivity contribution is 8.00. The number of esters is 1. The number of carbonyl (C=O) groups is 1. The van der Waals surface area contributed by atoms with Gasteiger partial charge in [-0.25, -0.2) is 0 Å². The van der Waals surface area contributed by atoms with Crippen LogP contribution in [0, 0.1) is 0 Å². The quantitative estimate of drug-likeness (QED) is 0.500. The summed E-state index contributed by atoms with van der Waals surface area (Å²) in [4.78, 5) is 11.0. The molecule has 0 aliphatic carbocycles. The number of hydrogen-bond donors (Lipinski definition) is 1. The molecule has 0 aliphatic heterocycles. The minimum atomic E-state index is -0.451. The van der Waals surface area contributed by atoms with Gasteiger partial charge < -0.3 is 10.5 Å². The first-order chi connectivity index (χ1) is 7.22. The van der Waals surface area contributed by atoms with Crippen molar-refractivity contribution >= 4 is 29.5 Å². The summed E-state index contributed by atoms with van der Waals surface area (Å²) in [5, 5.41) is 0. The Morgan fingerprint density at radius 3 is 2.60 bits per heavy atom. The average molecular weight is 251 g/mol. The molecule has 1 unspecified atom stereocenters. The molecule has 90 valence electrons. The van der Waals surface area contributed by atoms with Crippen LogP contribution in [0.25, 0.3) is 0 Å². The van der Waals surface area contributed by atoms with E-state index in [-0.39, 0.29) is 5.97 Å². The van der Waals surface area contributed by atoms with Crippen LogP contribution in [-0.2, 0) is 9.53 Å². The molecule has 0 radical (unpaired) electrons. The van der Waals surface area contributed by atoms with Gasteiger partial charge in [0.2, 0.25) is 0 Å². The molecule has 0 heterocycles. The molecule has 2 N–H and O–H groups in total. The number of methoxy groups -OCH3 is 1. The molecule has 5 heteroatoms. The summed E-state index contributed by atoms with van der Waals surface area (Å²) in [7, 11) is 1.37. The van der Waals surface area contributed by atoms with E-state index in [4.69, 9.17) is 5.73 Å². The number of hydrogen-bond acceptors (Lipinski definition) is 5. The summed E-state index contributed by atoms with van der Waals surface area (Å²) in [5.41, 5.74) is 5.60. The minimum absolute atomic E-state index is 0.308. The fraction of sp³-hybridized carbons (Fsp3) is 0.900. The van der Waals surface area contributed by atoms with E-state index in [1.807, 2.05) is 23.5 Å². The Kier molecular flexibility index (Phi) is 10.7. The number of rotatable bonds is 9. The van der Waals surface area contributed by atoms with Gasteiger partial charge in [0.25, 0.3) is 0 Å². The molecular formula is C10H21NO2S2. The normalized spacial score (nSPS) is 12.5. The summed E-state index contributed by atoms with van der Waals surface area (Å²) in [6.45, 7) is 2.17. The largest absolute Gasteiger partial charge is 0.468 e. The van der Waals surface area contributed by atoms with Crippen molar-refractivity contribution < 1.29 is 9.53 Å². The van der Waals surface area contributed by atoms with Gasteiger partial charge in [0.15, 0.2) is 0 Å². The van der Waals surface area contributed by atoms with E-state index >= 15 is 0 Å². The molecule has 0 spiro atoms. The molecule has 0 amide bonds. The van der Waals surface area contributed by atoms with Crippen LogP contribution >= 0.6 is 23.5 Å². The van der Waals surface area contributed by atoms with Gasteiger partial charge in [-0.2, -0.15) is 23.5 Å². The molecule has 0 saturated heterocycles. The predicted molar refractivity (Wildman–Crippen MR) is 69.5 cm³/mol. The molecule has 0 aromatic heterocycles. The first kappa shape index (κ1) is 15.1. The second kappa shape index (κ2) is 10.6. The summed E-state index contributed by atoms with van der Waals surface area (Å²) < 4.78 is 4.55. The third-order valence-corrected chi connectivity index (χ3v) is 3.95. The predicted octanol–water partition coefficient (Wildman–Crippen LogP) is 1.75. The molecule has 0 saturated carbocycles. The Balaban J connectivity index is 3.20. The highest BCUT2D eigenvalue weighted by Gasteiger charge is 2.12. The fourth-order valence-electron chi connectivity index (χ4n) is 0.989. The third kappa shape index (κ3) is 9.08. The molecule has 15 heavy (non-hydrogen) atoms. The van der Waals surface area contributed by atoms with Crippen LogP contribution in [0.15, 0.2) is 0 Å². The molecule has 0 fully saturated rings. The van der Waals surface area contributed by atoms with Crippen LogP contribution in [0.2, 0.25) is 0 Å². The lowest BCUT2D eigenvalue weighted by Crippen LogP contribution is -2.32. The molecule has 0 rings (SSSR count). The van der Waals surface area contributed by atoms with Gasteiger partial charge in [-0.1, -0.05) is 6.92 Å². The van der Waals surface area contributed by atoms with Crippen molar-refractivity contribution in [2.45, 2.75) is 25.8 Å². The van der Waals surface area contributed by atoms with Crippen molar-refractivity contribution in [3.63, 3.8) is 0 Å². The van der Waals surface area contributed by atoms with E-state index in [2.05, 4.69) is 11.7 Å². The second-order valence-corrected chi connectivity index (χ2v) is 5.70. The molecule has 0 aromatic carbocycles. The molecule has 0 bridgehead atoms. The first-order valence-electron chi connectivity index (χ1n) is 5.21. The van der Waals surface area contributed by atoms with Crippen LogP contribution in [-0.4, -0.2) is 42.1 Å². The van der Waals surface area contributed by atoms with Crippen molar-refractivity contribution in [3.05, 3.63) is 0 Å². The van der Waals surface area contributed by atoms with E-state index in [0.29, 0.717) is 6.42 Å². The molecule has 3 nitrogen and oxygen atoms in total. The van der Waals surface area contributed by atoms with Crippen LogP contribution in [0.4, 0.5) is 0 Å². The Labute approximate surface area is 101 Å². The lowest BCUT2D eigenvalue weighted by Gasteiger charge is -2.08. The lowest BCUT2D eigenvalue weighted by molar-refractivity contribution is -0.142. The van der Waals surface area contributed by atoms with Crippen molar-refractivity contribution in [1.82, 2.24) is 0 Å². The smallest absolute Gasteiger partial charge is 0.322 e. The third-order valence-electron chi connectivity index (χ3n) is 1.86. The van der Waals surface area contributed by atoms with Crippen molar-refractivity contribution in [2.75, 3.05) is 30.1 Å². The monoisotopic (exact) mass is 251 g/mol. The Morgan fingerprint density at radius 1 is 1.33 bits per heavy atom. The van der Waals surface area contributed by atoms with Gasteiger partial charge in [-0.15, -0.1) is 0 Å². The Hall–Kier alpha value is 0.130. The topological polar surface area (TPSA) is 52.3 Å². The maximum absolute atomic E-state index is 11.0. The zero-order valence-electron chi connectivity index (χ0n) is 9.53. The number of ether oxygens (including phenoxy) is 1. The first-order valence-corrected chi connectivity index (χ1v) is 7.52. The van der Waals surface area contributed by atoms with Gasteiger partial charge in [0.1, 0.15) is 6.04 Å². The standard InChI is InChI=1S/C10H21NO2S2/c1-3-14-6-4-7-15-8-5-9(11)10(12)13-2/h9H,3-8,11H2,1-2H3. The number of nitrogens with two attached hydrogens (primary N) is 1. The van der Waals surface area contributed by atoms with Crippen LogP contribution in [0.1, 0.15) is 19.8 Å². The van der Waals surface area contributed by atoms with Gasteiger partial charge in [0, 0.05) is 0 Å². The van der Waals surface area contributed by atoms with Gasteiger partial charge in [-0.3, -0.25) is 4.79 Å². The van der Waals surface area contributed by atoms with E-state index in [1.54, 1.807) is 0 Å². The zero-order valence-corrected chi connectivity index (χ0v) is 11.2. The summed E-state index contributed by atoms with van der Waals surface area (Å²) >= 11 is 3.83. The fourth-order valence-corrected chi connectivity index (χ4v) is 2.78. The Bertz CT molecular complexity index is 168. The van der Waals surface area contributed by atoms with E-state index in [1.165, 1.54) is 25.0 Å². The lowest BCUT2D eigenvalue weighted by atomic mass is 10.2. The van der Waals surface area contributed by atoms with Crippen molar-refractivity contribution in [3.8, 4) is 0 Å². The van der Waals surface area contributed by atoms with Gasteiger partial charge in [-0.05, 0) is 35.9 Å². The highest BCUT2D eigenvalue weighted by atomic mass is 32.2. The maximum atomic E-state index is 11.0. The van der Waals surface area contributed by atoms with Crippen molar-refractivity contribution in [2.24, 2.45) is 5.73 Å². The molecule has 0 aromatic rings. The SMILES string of the molecule is CCSCCCSCCC(N)C(=O)OC. The summed E-state index contributed by atoms with van der Waals surface area (Å²) in [6.07, 6.45) is 1.94. The second-order valence-electron chi connectivity index (χ2n) is 3.08. The minimum Gasteiger partial charge on any atom is -0.468 e. The van der Waals surface area contributed by atoms with Crippen LogP contribution in [0.5, 0.6) is 0 Å². The molecule has 0 aliphatic rings. The van der Waals surface area contributed by atoms with Crippen molar-refractivity contribution in [1.29, 1.82) is 0 Å². The summed E-state index contributed by atoms with van der Waals surface area (Å²) in [5.74, 6) is 4.20. The highest BCUT2D eigenvalue weighted by Crippen LogP contribution is 2.09. The van der Waals surface area contributed by atoms with Gasteiger partial charge in [0.05, 0.1) is 7.11 Å². The average Bonchev–Trinajstić information content (AvgIpc) is 2.26. The van der Waals surface area contributed by atoms with Gasteiger partial charge >= 0.3 is 5.97 Å². The van der Waals surface area contributed by atoms with E-state index in [9.17, 15) is 4.79 Å². The molecular weight excluding hydrogens is 230 g/mol. The Morgan fingerprint density at radius 2 is 2.00 bits per heavy atom.